The molecule has 0 amide bonds. The molecule has 0 aliphatic rings. The Morgan fingerprint density at radius 1 is 0.379 bits per heavy atom. The average molecular weight is 388 g/mol. The fourth-order valence-corrected chi connectivity index (χ4v) is 2.91. The maximum absolute atomic E-state index is 10.8. The normalized spacial score (nSPS) is 11.0. The van der Waals surface area contributed by atoms with E-state index in [0.717, 1.165) is 0 Å². The Morgan fingerprint density at radius 3 is 0.862 bits per heavy atom. The molecule has 0 aliphatic heterocycles. The third kappa shape index (κ3) is 3.04. The monoisotopic (exact) mass is 388 g/mol. The minimum Gasteiger partial charge on any atom is -0.450 e. The summed E-state index contributed by atoms with van der Waals surface area (Å²) in [6.07, 6.45) is 1.26. The van der Waals surface area contributed by atoms with Gasteiger partial charge in [0.05, 0.1) is 0 Å². The van der Waals surface area contributed by atoms with Gasteiger partial charge in [0.2, 0.25) is 0 Å². The van der Waals surface area contributed by atoms with Gasteiger partial charge in [-0.15, -0.1) is 0 Å². The van der Waals surface area contributed by atoms with Crippen LogP contribution in [0.3, 0.4) is 0 Å². The Labute approximate surface area is 163 Å². The van der Waals surface area contributed by atoms with Crippen molar-refractivity contribution < 1.29 is 31.7 Å². The number of rotatable bonds is 6. The smallest absolute Gasteiger partial charge is 0.185 e. The molecule has 7 heteroatoms. The summed E-state index contributed by atoms with van der Waals surface area (Å²) in [7, 11) is 0. The molecule has 0 bridgehead atoms. The van der Waals surface area contributed by atoms with Gasteiger partial charge in [0.1, 0.15) is 0 Å². The lowest BCUT2D eigenvalue weighted by Gasteiger charge is -1.94. The van der Waals surface area contributed by atoms with Crippen LogP contribution in [0.4, 0.5) is 0 Å². The van der Waals surface area contributed by atoms with Crippen molar-refractivity contribution in [3.05, 3.63) is 72.2 Å². The van der Waals surface area contributed by atoms with E-state index in [1.807, 2.05) is 0 Å². The van der Waals surface area contributed by atoms with Crippen LogP contribution in [-0.2, 0) is 0 Å². The van der Waals surface area contributed by atoms with E-state index in [2.05, 4.69) is 0 Å². The van der Waals surface area contributed by atoms with Crippen LogP contribution in [0, 0.1) is 0 Å². The Bertz CT molecular complexity index is 1210. The first-order valence-corrected chi connectivity index (χ1v) is 8.64. The summed E-state index contributed by atoms with van der Waals surface area (Å²) in [5.41, 5.74) is 0. The summed E-state index contributed by atoms with van der Waals surface area (Å²) in [5.74, 6) is 4.34. The van der Waals surface area contributed by atoms with Gasteiger partial charge in [-0.05, 0) is 60.7 Å². The molecule has 5 rings (SSSR count). The van der Waals surface area contributed by atoms with Crippen LogP contribution in [0.5, 0.6) is 0 Å². The standard InChI is InChI=1S/C22H12O7/c23-11-13-1-3-15(25-13)17-5-7-19(27-17)21-9-10-22(29-21)20-8-6-18(28-20)16-4-2-14(12-24)26-16/h1-12H. The minimum atomic E-state index is 0.226. The Balaban J connectivity index is 1.40. The van der Waals surface area contributed by atoms with Crippen LogP contribution in [0.2, 0.25) is 0 Å². The van der Waals surface area contributed by atoms with Crippen molar-refractivity contribution in [3.8, 4) is 46.1 Å². The molecule has 5 heterocycles. The molecular formula is C22H12O7. The lowest BCUT2D eigenvalue weighted by atomic mass is 10.3. The van der Waals surface area contributed by atoms with Crippen molar-refractivity contribution in [1.82, 2.24) is 0 Å². The van der Waals surface area contributed by atoms with E-state index in [-0.39, 0.29) is 11.5 Å². The number of furan rings is 5. The van der Waals surface area contributed by atoms with Crippen molar-refractivity contribution in [2.45, 2.75) is 0 Å². The highest BCUT2D eigenvalue weighted by molar-refractivity contribution is 5.73. The zero-order valence-electron chi connectivity index (χ0n) is 14.8. The quantitative estimate of drug-likeness (QED) is 0.332. The molecule has 0 radical (unpaired) electrons. The molecule has 29 heavy (non-hydrogen) atoms. The molecule has 0 saturated heterocycles. The maximum atomic E-state index is 10.8. The maximum Gasteiger partial charge on any atom is 0.185 e. The Morgan fingerprint density at radius 2 is 0.621 bits per heavy atom. The Kier molecular flexibility index (Phi) is 3.91. The molecular weight excluding hydrogens is 376 g/mol. The van der Waals surface area contributed by atoms with Gasteiger partial charge in [0, 0.05) is 0 Å². The average Bonchev–Trinajstić information content (AvgIpc) is 3.54. The second-order valence-electron chi connectivity index (χ2n) is 6.13. The highest BCUT2D eigenvalue weighted by Gasteiger charge is 2.16. The highest BCUT2D eigenvalue weighted by Crippen LogP contribution is 2.35. The number of hydrogen-bond acceptors (Lipinski definition) is 7. The molecule has 142 valence electrons. The summed E-state index contributed by atoms with van der Waals surface area (Å²) in [5, 5.41) is 0. The molecule has 5 aromatic heterocycles. The van der Waals surface area contributed by atoms with E-state index < -0.39 is 0 Å². The third-order valence-corrected chi connectivity index (χ3v) is 4.28. The molecule has 0 aliphatic carbocycles. The third-order valence-electron chi connectivity index (χ3n) is 4.28. The molecule has 0 saturated carbocycles. The summed E-state index contributed by atoms with van der Waals surface area (Å²) in [6.45, 7) is 0. The van der Waals surface area contributed by atoms with Crippen molar-refractivity contribution in [2.75, 3.05) is 0 Å². The van der Waals surface area contributed by atoms with Crippen LogP contribution in [0.1, 0.15) is 21.1 Å². The van der Waals surface area contributed by atoms with Gasteiger partial charge >= 0.3 is 0 Å². The van der Waals surface area contributed by atoms with Gasteiger partial charge in [0.15, 0.2) is 70.2 Å². The van der Waals surface area contributed by atoms with Crippen LogP contribution >= 0.6 is 0 Å². The van der Waals surface area contributed by atoms with Gasteiger partial charge in [-0.2, -0.15) is 0 Å². The van der Waals surface area contributed by atoms with E-state index in [9.17, 15) is 9.59 Å². The number of carbonyl (C=O) groups is 2. The van der Waals surface area contributed by atoms with E-state index in [0.29, 0.717) is 58.7 Å². The minimum absolute atomic E-state index is 0.226. The molecule has 0 fully saturated rings. The second-order valence-corrected chi connectivity index (χ2v) is 6.13. The first kappa shape index (κ1) is 16.9. The van der Waals surface area contributed by atoms with E-state index in [4.69, 9.17) is 22.1 Å². The van der Waals surface area contributed by atoms with Crippen LogP contribution in [-0.4, -0.2) is 12.6 Å². The lowest BCUT2D eigenvalue weighted by molar-refractivity contribution is 0.109. The molecule has 7 nitrogen and oxygen atoms in total. The van der Waals surface area contributed by atoms with E-state index >= 15 is 0 Å². The van der Waals surface area contributed by atoms with E-state index in [1.54, 1.807) is 60.7 Å². The molecule has 5 aromatic rings. The second kappa shape index (κ2) is 6.72. The fourth-order valence-electron chi connectivity index (χ4n) is 2.91. The SMILES string of the molecule is O=Cc1ccc(-c2ccc(-c3ccc(-c4ccc(-c5ccc(C=O)o5)o4)o3)o2)o1. The number of carbonyl (C=O) groups excluding carboxylic acids is 2. The zero-order chi connectivity index (χ0) is 19.8. The number of aldehydes is 2. The van der Waals surface area contributed by atoms with E-state index in [1.165, 1.54) is 0 Å². The van der Waals surface area contributed by atoms with Gasteiger partial charge in [-0.3, -0.25) is 9.59 Å². The summed E-state index contributed by atoms with van der Waals surface area (Å²) < 4.78 is 28.1. The van der Waals surface area contributed by atoms with Gasteiger partial charge < -0.3 is 22.1 Å². The molecule has 0 spiro atoms. The summed E-state index contributed by atoms with van der Waals surface area (Å²) in [4.78, 5) is 21.5. The topological polar surface area (TPSA) is 99.8 Å². The van der Waals surface area contributed by atoms with Crippen molar-refractivity contribution in [3.63, 3.8) is 0 Å². The van der Waals surface area contributed by atoms with Gasteiger partial charge in [-0.1, -0.05) is 0 Å². The molecule has 0 atom stereocenters. The number of hydrogen-bond donors (Lipinski definition) is 0. The zero-order valence-corrected chi connectivity index (χ0v) is 14.8. The van der Waals surface area contributed by atoms with Crippen LogP contribution in [0.15, 0.2) is 82.7 Å². The first-order chi connectivity index (χ1) is 14.2. The van der Waals surface area contributed by atoms with Gasteiger partial charge in [-0.25, -0.2) is 0 Å². The van der Waals surface area contributed by atoms with Crippen molar-refractivity contribution in [2.24, 2.45) is 0 Å². The molecule has 0 unspecified atom stereocenters. The van der Waals surface area contributed by atoms with Crippen LogP contribution < -0.4 is 0 Å². The Hall–Kier alpha value is -4.26. The van der Waals surface area contributed by atoms with Crippen molar-refractivity contribution in [1.29, 1.82) is 0 Å². The van der Waals surface area contributed by atoms with Crippen molar-refractivity contribution >= 4 is 12.6 Å². The van der Waals surface area contributed by atoms with Crippen LogP contribution in [0.25, 0.3) is 46.1 Å². The predicted octanol–water partition coefficient (Wildman–Crippen LogP) is 5.94. The fraction of sp³-hybridized carbons (Fsp3) is 0. The predicted molar refractivity (Wildman–Crippen MR) is 100 cm³/mol. The summed E-state index contributed by atoms with van der Waals surface area (Å²) in [6, 6.07) is 16.9. The summed E-state index contributed by atoms with van der Waals surface area (Å²) >= 11 is 0. The van der Waals surface area contributed by atoms with Gasteiger partial charge in [0.25, 0.3) is 0 Å². The molecule has 0 aromatic carbocycles. The largest absolute Gasteiger partial charge is 0.450 e. The highest BCUT2D eigenvalue weighted by atomic mass is 16.4. The first-order valence-electron chi connectivity index (χ1n) is 8.64. The molecule has 0 N–H and O–H groups in total. The lowest BCUT2D eigenvalue weighted by Crippen LogP contribution is -1.70.